The standard InChI is InChI=1S/C12H14O2/c1-2-6-11-7-3-4-8-12(11)14-10-5-9-13/h2-4,6-9H,5,10H2,1H3. The summed E-state index contributed by atoms with van der Waals surface area (Å²) in [6, 6.07) is 7.77. The molecule has 1 aromatic carbocycles. The van der Waals surface area contributed by atoms with E-state index in [2.05, 4.69) is 0 Å². The summed E-state index contributed by atoms with van der Waals surface area (Å²) >= 11 is 0. The number of ether oxygens (including phenoxy) is 1. The Balaban J connectivity index is 2.68. The minimum Gasteiger partial charge on any atom is -0.493 e. The van der Waals surface area contributed by atoms with Gasteiger partial charge in [-0.25, -0.2) is 0 Å². The maximum atomic E-state index is 10.1. The number of allylic oxidation sites excluding steroid dienone is 1. The number of rotatable bonds is 5. The number of carbonyl (C=O) groups is 1. The minimum absolute atomic E-state index is 0.435. The van der Waals surface area contributed by atoms with Crippen LogP contribution in [-0.2, 0) is 4.79 Å². The van der Waals surface area contributed by atoms with Gasteiger partial charge in [0, 0.05) is 12.0 Å². The molecule has 0 saturated carbocycles. The Morgan fingerprint density at radius 3 is 2.86 bits per heavy atom. The number of hydrogen-bond donors (Lipinski definition) is 0. The highest BCUT2D eigenvalue weighted by Crippen LogP contribution is 2.19. The largest absolute Gasteiger partial charge is 0.493 e. The first-order valence-corrected chi connectivity index (χ1v) is 4.66. The normalized spacial score (nSPS) is 10.4. The van der Waals surface area contributed by atoms with Crippen LogP contribution in [0.15, 0.2) is 30.3 Å². The van der Waals surface area contributed by atoms with Crippen LogP contribution >= 0.6 is 0 Å². The highest BCUT2D eigenvalue weighted by Gasteiger charge is 1.97. The lowest BCUT2D eigenvalue weighted by molar-refractivity contribution is -0.108. The predicted octanol–water partition coefficient (Wildman–Crippen LogP) is 2.69. The fraction of sp³-hybridized carbons (Fsp3) is 0.250. The van der Waals surface area contributed by atoms with Crippen LogP contribution in [-0.4, -0.2) is 12.9 Å². The van der Waals surface area contributed by atoms with Crippen molar-refractivity contribution in [3.8, 4) is 5.75 Å². The van der Waals surface area contributed by atoms with Gasteiger partial charge < -0.3 is 9.53 Å². The molecule has 74 valence electrons. The molecule has 0 amide bonds. The second-order valence-electron chi connectivity index (χ2n) is 2.84. The van der Waals surface area contributed by atoms with Crippen LogP contribution in [0.1, 0.15) is 18.9 Å². The fourth-order valence-corrected chi connectivity index (χ4v) is 1.15. The molecular formula is C12H14O2. The van der Waals surface area contributed by atoms with Crippen molar-refractivity contribution in [2.24, 2.45) is 0 Å². The number of para-hydroxylation sites is 1. The monoisotopic (exact) mass is 190 g/mol. The lowest BCUT2D eigenvalue weighted by Crippen LogP contribution is -1.98. The van der Waals surface area contributed by atoms with Crippen LogP contribution in [0.25, 0.3) is 6.08 Å². The van der Waals surface area contributed by atoms with Gasteiger partial charge in [0.15, 0.2) is 0 Å². The van der Waals surface area contributed by atoms with Gasteiger partial charge in [-0.05, 0) is 13.0 Å². The molecule has 14 heavy (non-hydrogen) atoms. The molecule has 0 N–H and O–H groups in total. The van der Waals surface area contributed by atoms with Gasteiger partial charge in [0.05, 0.1) is 6.61 Å². The van der Waals surface area contributed by atoms with E-state index in [1.807, 2.05) is 43.3 Å². The molecule has 0 heterocycles. The maximum Gasteiger partial charge on any atom is 0.126 e. The highest BCUT2D eigenvalue weighted by atomic mass is 16.5. The van der Waals surface area contributed by atoms with Gasteiger partial charge in [-0.1, -0.05) is 30.4 Å². The third kappa shape index (κ3) is 3.05. The average molecular weight is 190 g/mol. The number of benzene rings is 1. The molecule has 0 fully saturated rings. The molecule has 0 saturated heterocycles. The van der Waals surface area contributed by atoms with Crippen molar-refractivity contribution in [3.05, 3.63) is 35.9 Å². The molecule has 1 aromatic rings. The molecule has 2 heteroatoms. The van der Waals surface area contributed by atoms with E-state index < -0.39 is 0 Å². The highest BCUT2D eigenvalue weighted by molar-refractivity contribution is 5.57. The van der Waals surface area contributed by atoms with E-state index in [1.165, 1.54) is 0 Å². The Labute approximate surface area is 84.2 Å². The molecular weight excluding hydrogens is 176 g/mol. The van der Waals surface area contributed by atoms with Gasteiger partial charge >= 0.3 is 0 Å². The predicted molar refractivity (Wildman–Crippen MR) is 57.3 cm³/mol. The Bertz CT molecular complexity index is 316. The third-order valence-corrected chi connectivity index (χ3v) is 1.76. The van der Waals surface area contributed by atoms with Crippen LogP contribution in [0.5, 0.6) is 5.75 Å². The Morgan fingerprint density at radius 1 is 1.36 bits per heavy atom. The first kappa shape index (κ1) is 10.5. The number of carbonyl (C=O) groups excluding carboxylic acids is 1. The lowest BCUT2D eigenvalue weighted by atomic mass is 10.2. The first-order valence-electron chi connectivity index (χ1n) is 4.66. The van der Waals surface area contributed by atoms with Crippen molar-refractivity contribution in [1.82, 2.24) is 0 Å². The Morgan fingerprint density at radius 2 is 2.14 bits per heavy atom. The molecule has 0 aliphatic heterocycles. The van der Waals surface area contributed by atoms with Crippen molar-refractivity contribution < 1.29 is 9.53 Å². The topological polar surface area (TPSA) is 26.3 Å². The summed E-state index contributed by atoms with van der Waals surface area (Å²) in [5.74, 6) is 0.826. The fourth-order valence-electron chi connectivity index (χ4n) is 1.15. The van der Waals surface area contributed by atoms with Crippen LogP contribution in [0.2, 0.25) is 0 Å². The van der Waals surface area contributed by atoms with E-state index in [0.717, 1.165) is 17.6 Å². The number of hydrogen-bond acceptors (Lipinski definition) is 2. The van der Waals surface area contributed by atoms with Gasteiger partial charge in [0.25, 0.3) is 0 Å². The van der Waals surface area contributed by atoms with Gasteiger partial charge in [-0.3, -0.25) is 0 Å². The van der Waals surface area contributed by atoms with E-state index in [4.69, 9.17) is 4.74 Å². The van der Waals surface area contributed by atoms with Crippen molar-refractivity contribution in [2.45, 2.75) is 13.3 Å². The van der Waals surface area contributed by atoms with Crippen LogP contribution in [0.4, 0.5) is 0 Å². The zero-order valence-electron chi connectivity index (χ0n) is 8.27. The first-order chi connectivity index (χ1) is 6.88. The summed E-state index contributed by atoms with van der Waals surface area (Å²) in [6.07, 6.45) is 5.24. The zero-order valence-corrected chi connectivity index (χ0v) is 8.27. The number of aldehydes is 1. The van der Waals surface area contributed by atoms with E-state index >= 15 is 0 Å². The molecule has 0 unspecified atom stereocenters. The Hall–Kier alpha value is -1.57. The lowest BCUT2D eigenvalue weighted by Gasteiger charge is -2.06. The molecule has 0 aliphatic carbocycles. The van der Waals surface area contributed by atoms with Crippen molar-refractivity contribution in [3.63, 3.8) is 0 Å². The van der Waals surface area contributed by atoms with Gasteiger partial charge in [-0.15, -0.1) is 0 Å². The minimum atomic E-state index is 0.435. The Kier molecular flexibility index (Phi) is 4.48. The van der Waals surface area contributed by atoms with Crippen LogP contribution in [0.3, 0.4) is 0 Å². The van der Waals surface area contributed by atoms with Crippen molar-refractivity contribution >= 4 is 12.4 Å². The second kappa shape index (κ2) is 5.97. The van der Waals surface area contributed by atoms with E-state index in [9.17, 15) is 4.79 Å². The smallest absolute Gasteiger partial charge is 0.126 e. The summed E-state index contributed by atoms with van der Waals surface area (Å²) in [5.41, 5.74) is 1.04. The maximum absolute atomic E-state index is 10.1. The van der Waals surface area contributed by atoms with Crippen molar-refractivity contribution in [2.75, 3.05) is 6.61 Å². The summed E-state index contributed by atoms with van der Waals surface area (Å²) in [6.45, 7) is 2.40. The van der Waals surface area contributed by atoms with E-state index in [0.29, 0.717) is 13.0 Å². The summed E-state index contributed by atoms with van der Waals surface area (Å²) in [5, 5.41) is 0. The molecule has 0 radical (unpaired) electrons. The van der Waals surface area contributed by atoms with Crippen LogP contribution < -0.4 is 4.74 Å². The molecule has 0 spiro atoms. The van der Waals surface area contributed by atoms with E-state index in [-0.39, 0.29) is 0 Å². The molecule has 0 atom stereocenters. The zero-order chi connectivity index (χ0) is 10.2. The average Bonchev–Trinajstić information content (AvgIpc) is 2.21. The summed E-state index contributed by atoms with van der Waals surface area (Å²) < 4.78 is 5.45. The molecule has 0 bridgehead atoms. The SMILES string of the molecule is CC=Cc1ccccc1OCCC=O. The van der Waals surface area contributed by atoms with Crippen LogP contribution in [0, 0.1) is 0 Å². The van der Waals surface area contributed by atoms with Gasteiger partial charge in [0.1, 0.15) is 12.0 Å². The van der Waals surface area contributed by atoms with E-state index in [1.54, 1.807) is 0 Å². The summed E-state index contributed by atoms with van der Waals surface area (Å²) in [7, 11) is 0. The molecule has 1 rings (SSSR count). The van der Waals surface area contributed by atoms with Crippen molar-refractivity contribution in [1.29, 1.82) is 0 Å². The summed E-state index contributed by atoms with van der Waals surface area (Å²) in [4.78, 5) is 10.1. The quantitative estimate of drug-likeness (QED) is 0.527. The van der Waals surface area contributed by atoms with Gasteiger partial charge in [-0.2, -0.15) is 0 Å². The van der Waals surface area contributed by atoms with Gasteiger partial charge in [0.2, 0.25) is 0 Å². The molecule has 0 aliphatic rings. The third-order valence-electron chi connectivity index (χ3n) is 1.76. The molecule has 0 aromatic heterocycles. The second-order valence-corrected chi connectivity index (χ2v) is 2.84. The molecule has 2 nitrogen and oxygen atoms in total.